The molecule has 0 spiro atoms. The lowest BCUT2D eigenvalue weighted by Crippen LogP contribution is -2.23. The van der Waals surface area contributed by atoms with Gasteiger partial charge in [0, 0.05) is 6.54 Å². The quantitative estimate of drug-likeness (QED) is 0.778. The molecule has 1 aromatic rings. The highest BCUT2D eigenvalue weighted by Crippen LogP contribution is 2.29. The van der Waals surface area contributed by atoms with Gasteiger partial charge in [0.15, 0.2) is 0 Å². The molecule has 0 saturated heterocycles. The molecule has 1 aromatic heterocycles. The molecule has 0 aliphatic carbocycles. The number of nitrogens with zero attached hydrogens (tertiary/aromatic N) is 2. The lowest BCUT2D eigenvalue weighted by Gasteiger charge is -2.20. The number of nitrogens with one attached hydrogen (secondary N) is 1. The van der Waals surface area contributed by atoms with E-state index in [4.69, 9.17) is 9.47 Å². The predicted octanol–water partition coefficient (Wildman–Crippen LogP) is 3.23. The van der Waals surface area contributed by atoms with Gasteiger partial charge in [-0.05, 0) is 33.6 Å². The molecule has 20 heavy (non-hydrogen) atoms. The first-order valence-electron chi connectivity index (χ1n) is 7.20. The minimum Gasteiger partial charge on any atom is -0.475 e. The molecule has 0 bridgehead atoms. The summed E-state index contributed by atoms with van der Waals surface area (Å²) >= 11 is 0. The van der Waals surface area contributed by atoms with Crippen molar-refractivity contribution in [2.45, 2.75) is 53.1 Å². The summed E-state index contributed by atoms with van der Waals surface area (Å²) in [6.07, 6.45) is 1.53. The van der Waals surface area contributed by atoms with Crippen molar-refractivity contribution in [1.82, 2.24) is 9.97 Å². The average molecular weight is 281 g/mol. The van der Waals surface area contributed by atoms with Gasteiger partial charge in [-0.1, -0.05) is 13.8 Å². The van der Waals surface area contributed by atoms with Crippen LogP contribution in [0.5, 0.6) is 5.88 Å². The molecule has 1 N–H and O–H groups in total. The van der Waals surface area contributed by atoms with Crippen molar-refractivity contribution < 1.29 is 9.47 Å². The fourth-order valence-electron chi connectivity index (χ4n) is 1.81. The molecule has 0 saturated carbocycles. The molecule has 114 valence electrons. The van der Waals surface area contributed by atoms with Crippen molar-refractivity contribution in [3.63, 3.8) is 0 Å². The molecule has 1 heterocycles. The van der Waals surface area contributed by atoms with Crippen LogP contribution in [-0.2, 0) is 4.74 Å². The Morgan fingerprint density at radius 3 is 2.45 bits per heavy atom. The van der Waals surface area contributed by atoms with E-state index in [1.54, 1.807) is 0 Å². The van der Waals surface area contributed by atoms with Gasteiger partial charge in [0.2, 0.25) is 5.88 Å². The third-order valence-electron chi connectivity index (χ3n) is 2.63. The van der Waals surface area contributed by atoms with Crippen LogP contribution in [0.4, 0.5) is 5.82 Å². The van der Waals surface area contributed by atoms with Crippen molar-refractivity contribution in [2.75, 3.05) is 25.1 Å². The van der Waals surface area contributed by atoms with Crippen LogP contribution in [0.1, 0.15) is 53.0 Å². The van der Waals surface area contributed by atoms with Crippen LogP contribution < -0.4 is 10.1 Å². The molecule has 0 radical (unpaired) electrons. The molecule has 0 aliphatic rings. The summed E-state index contributed by atoms with van der Waals surface area (Å²) in [7, 11) is 0. The normalized spacial score (nSPS) is 11.8. The third kappa shape index (κ3) is 5.33. The van der Waals surface area contributed by atoms with Crippen LogP contribution in [0.3, 0.4) is 0 Å². The van der Waals surface area contributed by atoms with E-state index in [9.17, 15) is 0 Å². The van der Waals surface area contributed by atoms with Gasteiger partial charge in [0.05, 0.1) is 17.8 Å². The van der Waals surface area contributed by atoms with E-state index < -0.39 is 0 Å². The Morgan fingerprint density at radius 2 is 1.90 bits per heavy atom. The van der Waals surface area contributed by atoms with Crippen molar-refractivity contribution in [2.24, 2.45) is 0 Å². The zero-order chi connectivity index (χ0) is 15.2. The van der Waals surface area contributed by atoms with Crippen molar-refractivity contribution in [3.8, 4) is 5.88 Å². The number of rotatable bonds is 7. The van der Waals surface area contributed by atoms with Gasteiger partial charge in [-0.25, -0.2) is 9.97 Å². The minimum absolute atomic E-state index is 0.148. The largest absolute Gasteiger partial charge is 0.475 e. The van der Waals surface area contributed by atoms with Gasteiger partial charge >= 0.3 is 0 Å². The summed E-state index contributed by atoms with van der Waals surface area (Å²) in [5.74, 6) is 1.79. The molecule has 0 fully saturated rings. The van der Waals surface area contributed by atoms with Gasteiger partial charge in [-0.15, -0.1) is 0 Å². The van der Waals surface area contributed by atoms with E-state index in [0.717, 1.165) is 17.9 Å². The highest BCUT2D eigenvalue weighted by molar-refractivity contribution is 5.50. The maximum Gasteiger partial charge on any atom is 0.222 e. The second-order valence-electron chi connectivity index (χ2n) is 5.94. The van der Waals surface area contributed by atoms with Gasteiger partial charge in [0.25, 0.3) is 0 Å². The van der Waals surface area contributed by atoms with Crippen LogP contribution >= 0.6 is 0 Å². The second kappa shape index (κ2) is 7.43. The Hall–Kier alpha value is -1.36. The summed E-state index contributed by atoms with van der Waals surface area (Å²) in [6, 6.07) is 0. The second-order valence-corrected chi connectivity index (χ2v) is 5.94. The van der Waals surface area contributed by atoms with E-state index in [2.05, 4.69) is 29.1 Å². The molecule has 1 rings (SSSR count). The van der Waals surface area contributed by atoms with Gasteiger partial charge in [-0.3, -0.25) is 0 Å². The summed E-state index contributed by atoms with van der Waals surface area (Å²) in [6.45, 7) is 14.2. The van der Waals surface area contributed by atoms with Gasteiger partial charge in [0.1, 0.15) is 18.8 Å². The summed E-state index contributed by atoms with van der Waals surface area (Å²) in [5.41, 5.74) is 0.871. The van der Waals surface area contributed by atoms with E-state index in [1.165, 1.54) is 6.33 Å². The maximum atomic E-state index is 5.76. The van der Waals surface area contributed by atoms with E-state index in [-0.39, 0.29) is 5.60 Å². The number of hydrogen-bond donors (Lipinski definition) is 1. The molecule has 0 unspecified atom stereocenters. The molecular weight excluding hydrogens is 254 g/mol. The van der Waals surface area contributed by atoms with Crippen molar-refractivity contribution in [1.29, 1.82) is 0 Å². The first-order chi connectivity index (χ1) is 9.35. The highest BCUT2D eigenvalue weighted by Gasteiger charge is 2.16. The smallest absolute Gasteiger partial charge is 0.222 e. The summed E-state index contributed by atoms with van der Waals surface area (Å²) in [5, 5.41) is 3.25. The minimum atomic E-state index is -0.148. The first-order valence-corrected chi connectivity index (χ1v) is 7.20. The Bertz CT molecular complexity index is 414. The van der Waals surface area contributed by atoms with E-state index in [1.807, 2.05) is 27.7 Å². The number of anilines is 1. The van der Waals surface area contributed by atoms with Crippen molar-refractivity contribution in [3.05, 3.63) is 11.9 Å². The molecule has 5 heteroatoms. The van der Waals surface area contributed by atoms with Crippen LogP contribution in [0.25, 0.3) is 0 Å². The molecule has 5 nitrogen and oxygen atoms in total. The standard InChI is InChI=1S/C15H27N3O2/c1-7-16-13-12(11(2)3)14(18-10-17-13)19-8-9-20-15(4,5)6/h10-11H,7-9H2,1-6H3,(H,16,17,18). The Morgan fingerprint density at radius 1 is 1.20 bits per heavy atom. The fourth-order valence-corrected chi connectivity index (χ4v) is 1.81. The van der Waals surface area contributed by atoms with Crippen LogP contribution in [0.2, 0.25) is 0 Å². The van der Waals surface area contributed by atoms with Gasteiger partial charge < -0.3 is 14.8 Å². The molecule has 0 atom stereocenters. The zero-order valence-corrected chi connectivity index (χ0v) is 13.5. The Labute approximate surface area is 122 Å². The topological polar surface area (TPSA) is 56.3 Å². The fraction of sp³-hybridized carbons (Fsp3) is 0.733. The molecule has 0 aliphatic heterocycles. The maximum absolute atomic E-state index is 5.76. The average Bonchev–Trinajstić information content (AvgIpc) is 2.33. The van der Waals surface area contributed by atoms with Crippen molar-refractivity contribution >= 4 is 5.82 Å². The van der Waals surface area contributed by atoms with E-state index in [0.29, 0.717) is 25.0 Å². The number of hydrogen-bond acceptors (Lipinski definition) is 5. The lowest BCUT2D eigenvalue weighted by atomic mass is 10.1. The number of aromatic nitrogens is 2. The molecular formula is C15H27N3O2. The monoisotopic (exact) mass is 281 g/mol. The third-order valence-corrected chi connectivity index (χ3v) is 2.63. The number of ether oxygens (including phenoxy) is 2. The zero-order valence-electron chi connectivity index (χ0n) is 13.5. The molecule has 0 amide bonds. The molecule has 0 aromatic carbocycles. The summed E-state index contributed by atoms with van der Waals surface area (Å²) in [4.78, 5) is 8.53. The van der Waals surface area contributed by atoms with E-state index >= 15 is 0 Å². The van der Waals surface area contributed by atoms with Crippen LogP contribution in [0, 0.1) is 0 Å². The summed E-state index contributed by atoms with van der Waals surface area (Å²) < 4.78 is 11.4. The SMILES string of the molecule is CCNc1ncnc(OCCOC(C)(C)C)c1C(C)C. The predicted molar refractivity (Wildman–Crippen MR) is 81.5 cm³/mol. The first kappa shape index (κ1) is 16.7. The van der Waals surface area contributed by atoms with Crippen LogP contribution in [-0.4, -0.2) is 35.3 Å². The Balaban J connectivity index is 2.71. The lowest BCUT2D eigenvalue weighted by molar-refractivity contribution is -0.0169. The highest BCUT2D eigenvalue weighted by atomic mass is 16.5. The Kier molecular flexibility index (Phi) is 6.20. The van der Waals surface area contributed by atoms with Crippen LogP contribution in [0.15, 0.2) is 6.33 Å². The van der Waals surface area contributed by atoms with Gasteiger partial charge in [-0.2, -0.15) is 0 Å².